The first-order valence-corrected chi connectivity index (χ1v) is 6.64. The minimum Gasteiger partial charge on any atom is -0.321 e. The van der Waals surface area contributed by atoms with Crippen molar-refractivity contribution in [3.63, 3.8) is 0 Å². The van der Waals surface area contributed by atoms with E-state index in [1.807, 2.05) is 6.07 Å². The van der Waals surface area contributed by atoms with Gasteiger partial charge in [0.1, 0.15) is 0 Å². The van der Waals surface area contributed by atoms with E-state index in [9.17, 15) is 4.79 Å². The van der Waals surface area contributed by atoms with Crippen LogP contribution < -0.4 is 5.32 Å². The van der Waals surface area contributed by atoms with E-state index in [2.05, 4.69) is 21.2 Å². The number of rotatable bonds is 2. The van der Waals surface area contributed by atoms with Crippen molar-refractivity contribution in [3.8, 4) is 0 Å². The zero-order valence-corrected chi connectivity index (χ0v) is 12.2. The number of hydrogen-bond acceptors (Lipinski definition) is 1. The Kier molecular flexibility index (Phi) is 4.27. The Hall–Kier alpha value is -1.03. The van der Waals surface area contributed by atoms with Gasteiger partial charge in [0.05, 0.1) is 15.7 Å². The lowest BCUT2D eigenvalue weighted by Crippen LogP contribution is -2.11. The second kappa shape index (κ2) is 5.74. The number of halogens is 3. The number of anilines is 1. The third-order valence-electron chi connectivity index (χ3n) is 2.29. The van der Waals surface area contributed by atoms with E-state index < -0.39 is 0 Å². The van der Waals surface area contributed by atoms with Crippen LogP contribution in [0.4, 0.5) is 5.69 Å². The van der Waals surface area contributed by atoms with Gasteiger partial charge in [-0.3, -0.25) is 4.79 Å². The third kappa shape index (κ3) is 3.05. The predicted molar refractivity (Wildman–Crippen MR) is 78.6 cm³/mol. The first-order valence-electron chi connectivity index (χ1n) is 5.09. The summed E-state index contributed by atoms with van der Waals surface area (Å²) in [5, 5.41) is 3.63. The third-order valence-corrected chi connectivity index (χ3v) is 3.80. The fourth-order valence-electron chi connectivity index (χ4n) is 1.40. The van der Waals surface area contributed by atoms with E-state index in [0.717, 1.165) is 0 Å². The summed E-state index contributed by atoms with van der Waals surface area (Å²) in [6.45, 7) is 0. The Morgan fingerprint density at radius 3 is 2.39 bits per heavy atom. The highest BCUT2D eigenvalue weighted by molar-refractivity contribution is 9.10. The van der Waals surface area contributed by atoms with Gasteiger partial charge in [0.25, 0.3) is 5.91 Å². The highest BCUT2D eigenvalue weighted by atomic mass is 79.9. The maximum absolute atomic E-state index is 11.9. The van der Waals surface area contributed by atoms with Crippen LogP contribution in [0.3, 0.4) is 0 Å². The van der Waals surface area contributed by atoms with Gasteiger partial charge in [-0.15, -0.1) is 0 Å². The molecule has 1 N–H and O–H groups in total. The van der Waals surface area contributed by atoms with Crippen LogP contribution in [0.25, 0.3) is 0 Å². The number of nitrogens with one attached hydrogen (secondary N) is 1. The summed E-state index contributed by atoms with van der Waals surface area (Å²) in [5.74, 6) is -0.216. The van der Waals surface area contributed by atoms with Crippen LogP contribution in [0.5, 0.6) is 0 Å². The molecular formula is C13H8BrCl2NO. The topological polar surface area (TPSA) is 29.1 Å². The second-order valence-corrected chi connectivity index (χ2v) is 5.24. The molecule has 0 fully saturated rings. The van der Waals surface area contributed by atoms with Gasteiger partial charge in [-0.25, -0.2) is 0 Å². The Bertz CT molecular complexity index is 587. The van der Waals surface area contributed by atoms with Crippen molar-refractivity contribution in [3.05, 3.63) is 62.5 Å². The summed E-state index contributed by atoms with van der Waals surface area (Å²) >= 11 is 15.2. The van der Waals surface area contributed by atoms with Crippen molar-refractivity contribution in [2.75, 3.05) is 5.32 Å². The molecule has 1 amide bonds. The quantitative estimate of drug-likeness (QED) is 0.762. The van der Waals surface area contributed by atoms with Gasteiger partial charge >= 0.3 is 0 Å². The van der Waals surface area contributed by atoms with Crippen molar-refractivity contribution in [1.29, 1.82) is 0 Å². The Labute approximate surface area is 123 Å². The summed E-state index contributed by atoms with van der Waals surface area (Å²) < 4.78 is 0.678. The largest absolute Gasteiger partial charge is 0.321 e. The minimum atomic E-state index is -0.216. The summed E-state index contributed by atoms with van der Waals surface area (Å²) in [7, 11) is 0. The van der Waals surface area contributed by atoms with Crippen LogP contribution in [0.2, 0.25) is 10.0 Å². The average molecular weight is 345 g/mol. The van der Waals surface area contributed by atoms with Crippen LogP contribution in [0.1, 0.15) is 10.4 Å². The van der Waals surface area contributed by atoms with E-state index in [1.54, 1.807) is 36.4 Å². The van der Waals surface area contributed by atoms with Gasteiger partial charge in [0.15, 0.2) is 0 Å². The lowest BCUT2D eigenvalue weighted by molar-refractivity contribution is 0.102. The standard InChI is InChI=1S/C13H8BrCl2NO/c14-9-6-12(11(16)7-10(9)15)17-13(18)8-4-2-1-3-5-8/h1-7H,(H,17,18). The highest BCUT2D eigenvalue weighted by Gasteiger charge is 2.10. The van der Waals surface area contributed by atoms with Gasteiger partial charge in [0, 0.05) is 10.0 Å². The zero-order valence-electron chi connectivity index (χ0n) is 9.08. The monoisotopic (exact) mass is 343 g/mol. The SMILES string of the molecule is O=C(Nc1cc(Br)c(Cl)cc1Cl)c1ccccc1. The van der Waals surface area contributed by atoms with Gasteiger partial charge in [-0.05, 0) is 40.2 Å². The molecular weight excluding hydrogens is 337 g/mol. The number of hydrogen-bond donors (Lipinski definition) is 1. The summed E-state index contributed by atoms with van der Waals surface area (Å²) in [6.07, 6.45) is 0. The molecule has 0 bridgehead atoms. The minimum absolute atomic E-state index is 0.216. The van der Waals surface area contributed by atoms with Gasteiger partial charge in [0.2, 0.25) is 0 Å². The summed E-state index contributed by atoms with van der Waals surface area (Å²) in [6, 6.07) is 12.2. The van der Waals surface area contributed by atoms with Crippen molar-refractivity contribution in [2.45, 2.75) is 0 Å². The molecule has 0 atom stereocenters. The Morgan fingerprint density at radius 1 is 1.06 bits per heavy atom. The Balaban J connectivity index is 2.25. The first-order chi connectivity index (χ1) is 8.58. The van der Waals surface area contributed by atoms with E-state index in [4.69, 9.17) is 23.2 Å². The molecule has 2 aromatic rings. The van der Waals surface area contributed by atoms with Crippen LogP contribution in [0, 0.1) is 0 Å². The van der Waals surface area contributed by atoms with E-state index in [1.165, 1.54) is 0 Å². The molecule has 18 heavy (non-hydrogen) atoms. The molecule has 0 aliphatic carbocycles. The highest BCUT2D eigenvalue weighted by Crippen LogP contribution is 2.32. The number of carbonyl (C=O) groups is 1. The molecule has 0 spiro atoms. The smallest absolute Gasteiger partial charge is 0.255 e. The molecule has 92 valence electrons. The lowest BCUT2D eigenvalue weighted by atomic mass is 10.2. The van der Waals surface area contributed by atoms with Gasteiger partial charge < -0.3 is 5.32 Å². The van der Waals surface area contributed by atoms with Crippen molar-refractivity contribution in [2.24, 2.45) is 0 Å². The first kappa shape index (κ1) is 13.4. The molecule has 0 saturated carbocycles. The molecule has 0 aromatic heterocycles. The van der Waals surface area contributed by atoms with Crippen LogP contribution in [-0.2, 0) is 0 Å². The second-order valence-electron chi connectivity index (χ2n) is 3.57. The van der Waals surface area contributed by atoms with E-state index in [-0.39, 0.29) is 5.91 Å². The zero-order chi connectivity index (χ0) is 13.1. The van der Waals surface area contributed by atoms with E-state index in [0.29, 0.717) is 25.8 Å². The lowest BCUT2D eigenvalue weighted by Gasteiger charge is -2.08. The Morgan fingerprint density at radius 2 is 1.72 bits per heavy atom. The van der Waals surface area contributed by atoms with Crippen LogP contribution >= 0.6 is 39.1 Å². The molecule has 0 aliphatic heterocycles. The molecule has 0 aliphatic rings. The maximum Gasteiger partial charge on any atom is 0.255 e. The normalized spacial score (nSPS) is 10.2. The molecule has 5 heteroatoms. The molecule has 2 aromatic carbocycles. The molecule has 0 unspecified atom stereocenters. The van der Waals surface area contributed by atoms with Gasteiger partial charge in [-0.1, -0.05) is 41.4 Å². The number of carbonyl (C=O) groups excluding carboxylic acids is 1. The summed E-state index contributed by atoms with van der Waals surface area (Å²) in [5.41, 5.74) is 1.08. The van der Waals surface area contributed by atoms with E-state index >= 15 is 0 Å². The fraction of sp³-hybridized carbons (Fsp3) is 0. The molecule has 0 radical (unpaired) electrons. The fourth-order valence-corrected chi connectivity index (χ4v) is 2.18. The summed E-state index contributed by atoms with van der Waals surface area (Å²) in [4.78, 5) is 11.9. The number of amides is 1. The average Bonchev–Trinajstić information content (AvgIpc) is 2.37. The molecule has 0 heterocycles. The molecule has 2 rings (SSSR count). The maximum atomic E-state index is 11.9. The number of benzene rings is 2. The van der Waals surface area contributed by atoms with Crippen molar-refractivity contribution in [1.82, 2.24) is 0 Å². The van der Waals surface area contributed by atoms with Gasteiger partial charge in [-0.2, -0.15) is 0 Å². The van der Waals surface area contributed by atoms with Crippen LogP contribution in [0.15, 0.2) is 46.9 Å². The predicted octanol–water partition coefficient (Wildman–Crippen LogP) is 5.01. The van der Waals surface area contributed by atoms with Crippen molar-refractivity contribution >= 4 is 50.7 Å². The van der Waals surface area contributed by atoms with Crippen LogP contribution in [-0.4, -0.2) is 5.91 Å². The van der Waals surface area contributed by atoms with Crippen molar-refractivity contribution < 1.29 is 4.79 Å². The molecule has 0 saturated heterocycles. The molecule has 2 nitrogen and oxygen atoms in total.